The molecule has 2 fully saturated rings. The highest BCUT2D eigenvalue weighted by molar-refractivity contribution is 6.02. The number of fused-ring (bicyclic) bond motifs is 1. The molecule has 11 nitrogen and oxygen atoms in total. The van der Waals surface area contributed by atoms with E-state index in [1.54, 1.807) is 11.0 Å². The van der Waals surface area contributed by atoms with Crippen LogP contribution in [0.4, 0.5) is 22.1 Å². The lowest BCUT2D eigenvalue weighted by Gasteiger charge is -2.33. The van der Waals surface area contributed by atoms with Crippen molar-refractivity contribution in [2.75, 3.05) is 61.4 Å². The van der Waals surface area contributed by atoms with Gasteiger partial charge in [-0.15, -0.1) is 0 Å². The van der Waals surface area contributed by atoms with E-state index in [0.29, 0.717) is 55.2 Å². The predicted octanol–water partition coefficient (Wildman–Crippen LogP) is 2.02. The Labute approximate surface area is 215 Å². The standard InChI is InChI=1S/C26H30N8O3/c1-31-9-10-33(24(36)16-31)15-19-11-18-5-4-8-34(25(18)29-21(19)17-35)26(37)30-23-12-22(20(13-27)14-28-23)32-6-2-3-7-32/h11-12,14,17H,2-10,15-16H2,1H3,(H,28,30,37). The Balaban J connectivity index is 1.37. The van der Waals surface area contributed by atoms with E-state index in [1.807, 2.05) is 18.0 Å². The lowest BCUT2D eigenvalue weighted by atomic mass is 10.0. The minimum atomic E-state index is -0.392. The third kappa shape index (κ3) is 5.11. The zero-order valence-electron chi connectivity index (χ0n) is 20.9. The summed E-state index contributed by atoms with van der Waals surface area (Å²) in [6.45, 7) is 4.23. The molecule has 0 aliphatic carbocycles. The van der Waals surface area contributed by atoms with Gasteiger partial charge in [0.25, 0.3) is 0 Å². The number of nitrogens with zero attached hydrogens (tertiary/aromatic N) is 7. The molecule has 0 bridgehead atoms. The van der Waals surface area contributed by atoms with Crippen LogP contribution in [-0.2, 0) is 17.8 Å². The number of nitrogens with one attached hydrogen (secondary N) is 1. The van der Waals surface area contributed by atoms with Crippen molar-refractivity contribution in [3.63, 3.8) is 0 Å². The van der Waals surface area contributed by atoms with Gasteiger partial charge in [-0.2, -0.15) is 5.26 Å². The van der Waals surface area contributed by atoms with Crippen molar-refractivity contribution in [1.29, 1.82) is 5.26 Å². The summed E-state index contributed by atoms with van der Waals surface area (Å²) in [6, 6.07) is 5.44. The summed E-state index contributed by atoms with van der Waals surface area (Å²) < 4.78 is 0. The van der Waals surface area contributed by atoms with Gasteiger partial charge in [0.1, 0.15) is 23.4 Å². The van der Waals surface area contributed by atoms with Gasteiger partial charge >= 0.3 is 6.03 Å². The number of rotatable bonds is 5. The maximum atomic E-state index is 13.3. The molecule has 0 atom stereocenters. The van der Waals surface area contributed by atoms with Gasteiger partial charge in [-0.1, -0.05) is 0 Å². The van der Waals surface area contributed by atoms with Crippen LogP contribution in [0.5, 0.6) is 0 Å². The van der Waals surface area contributed by atoms with Crippen LogP contribution in [0.15, 0.2) is 18.3 Å². The second-order valence-electron chi connectivity index (χ2n) is 9.76. The average Bonchev–Trinajstić information content (AvgIpc) is 3.44. The Kier molecular flexibility index (Phi) is 7.01. The Morgan fingerprint density at radius 1 is 1.16 bits per heavy atom. The van der Waals surface area contributed by atoms with Gasteiger partial charge in [-0.25, -0.2) is 14.8 Å². The molecule has 0 spiro atoms. The van der Waals surface area contributed by atoms with Crippen molar-refractivity contribution in [3.8, 4) is 6.07 Å². The number of aryl methyl sites for hydroxylation is 1. The zero-order valence-corrected chi connectivity index (χ0v) is 20.9. The summed E-state index contributed by atoms with van der Waals surface area (Å²) in [5.41, 5.74) is 3.05. The number of carbonyl (C=O) groups is 3. The first kappa shape index (κ1) is 24.6. The number of nitriles is 1. The first-order valence-corrected chi connectivity index (χ1v) is 12.6. The normalized spacial score (nSPS) is 17.9. The lowest BCUT2D eigenvalue weighted by Crippen LogP contribution is -2.48. The number of hydrogen-bond donors (Lipinski definition) is 1. The number of amides is 3. The molecule has 0 radical (unpaired) electrons. The van der Waals surface area contributed by atoms with Crippen LogP contribution in [0, 0.1) is 11.3 Å². The quantitative estimate of drug-likeness (QED) is 0.616. The fourth-order valence-electron chi connectivity index (χ4n) is 5.18. The number of pyridine rings is 2. The molecule has 2 aromatic heterocycles. The van der Waals surface area contributed by atoms with Crippen LogP contribution in [0.3, 0.4) is 0 Å². The fourth-order valence-corrected chi connectivity index (χ4v) is 5.18. The monoisotopic (exact) mass is 502 g/mol. The van der Waals surface area contributed by atoms with Crippen molar-refractivity contribution in [2.45, 2.75) is 32.2 Å². The van der Waals surface area contributed by atoms with Gasteiger partial charge in [-0.05, 0) is 44.4 Å². The van der Waals surface area contributed by atoms with Crippen molar-refractivity contribution < 1.29 is 14.4 Å². The minimum Gasteiger partial charge on any atom is -0.370 e. The molecule has 0 unspecified atom stereocenters. The summed E-state index contributed by atoms with van der Waals surface area (Å²) >= 11 is 0. The first-order chi connectivity index (χ1) is 18.0. The van der Waals surface area contributed by atoms with Crippen LogP contribution in [0.2, 0.25) is 0 Å². The van der Waals surface area contributed by atoms with Crippen LogP contribution < -0.4 is 15.1 Å². The molecule has 5 heterocycles. The number of carbonyl (C=O) groups excluding carboxylic acids is 3. The lowest BCUT2D eigenvalue weighted by molar-refractivity contribution is -0.136. The molecule has 37 heavy (non-hydrogen) atoms. The Bertz CT molecular complexity index is 1270. The molecule has 0 aromatic carbocycles. The third-order valence-electron chi connectivity index (χ3n) is 7.19. The predicted molar refractivity (Wildman–Crippen MR) is 138 cm³/mol. The number of aldehydes is 1. The van der Waals surface area contributed by atoms with Gasteiger partial charge in [-0.3, -0.25) is 24.7 Å². The third-order valence-corrected chi connectivity index (χ3v) is 7.19. The van der Waals surface area contributed by atoms with Crippen molar-refractivity contribution >= 4 is 35.5 Å². The smallest absolute Gasteiger partial charge is 0.328 e. The largest absolute Gasteiger partial charge is 0.370 e. The summed E-state index contributed by atoms with van der Waals surface area (Å²) in [6.07, 6.45) is 5.77. The number of likely N-dealkylation sites (N-methyl/N-ethyl adjacent to an activating group) is 1. The van der Waals surface area contributed by atoms with E-state index in [1.165, 1.54) is 11.1 Å². The average molecular weight is 503 g/mol. The van der Waals surface area contributed by atoms with Crippen LogP contribution >= 0.6 is 0 Å². The first-order valence-electron chi connectivity index (χ1n) is 12.6. The topological polar surface area (TPSA) is 126 Å². The minimum absolute atomic E-state index is 0.0209. The molecule has 3 aliphatic rings. The van der Waals surface area contributed by atoms with Gasteiger partial charge in [0.2, 0.25) is 5.91 Å². The molecule has 3 aliphatic heterocycles. The molecule has 5 rings (SSSR count). The summed E-state index contributed by atoms with van der Waals surface area (Å²) in [7, 11) is 1.91. The van der Waals surface area contributed by atoms with Crippen LogP contribution in [0.1, 0.15) is 46.4 Å². The number of hydrogen-bond acceptors (Lipinski definition) is 8. The van der Waals surface area contributed by atoms with E-state index in [-0.39, 0.29) is 11.6 Å². The molecule has 0 saturated carbocycles. The van der Waals surface area contributed by atoms with Crippen LogP contribution in [-0.4, -0.2) is 84.3 Å². The highest BCUT2D eigenvalue weighted by atomic mass is 16.2. The molecule has 1 N–H and O–H groups in total. The Hall–Kier alpha value is -4.04. The number of aromatic nitrogens is 2. The van der Waals surface area contributed by atoms with E-state index in [2.05, 4.69) is 26.3 Å². The van der Waals surface area contributed by atoms with E-state index in [9.17, 15) is 19.6 Å². The molecular weight excluding hydrogens is 472 g/mol. The Morgan fingerprint density at radius 3 is 2.70 bits per heavy atom. The second-order valence-corrected chi connectivity index (χ2v) is 9.76. The molecule has 192 valence electrons. The van der Waals surface area contributed by atoms with E-state index >= 15 is 0 Å². The molecule has 2 aromatic rings. The summed E-state index contributed by atoms with van der Waals surface area (Å²) in [4.78, 5) is 53.9. The summed E-state index contributed by atoms with van der Waals surface area (Å²) in [5.74, 6) is 0.832. The van der Waals surface area contributed by atoms with Gasteiger partial charge in [0.05, 0.1) is 17.8 Å². The fraction of sp³-hybridized carbons (Fsp3) is 0.462. The van der Waals surface area contributed by atoms with Gasteiger partial charge in [0, 0.05) is 57.1 Å². The molecule has 11 heteroatoms. The highest BCUT2D eigenvalue weighted by Gasteiger charge is 2.28. The Morgan fingerprint density at radius 2 is 1.97 bits per heavy atom. The number of urea groups is 1. The number of anilines is 3. The van der Waals surface area contributed by atoms with Gasteiger partial charge in [0.15, 0.2) is 6.29 Å². The van der Waals surface area contributed by atoms with Crippen molar-refractivity contribution in [1.82, 2.24) is 19.8 Å². The van der Waals surface area contributed by atoms with Crippen LogP contribution in [0.25, 0.3) is 0 Å². The van der Waals surface area contributed by atoms with Crippen molar-refractivity contribution in [3.05, 3.63) is 40.7 Å². The second kappa shape index (κ2) is 10.5. The molecule has 3 amide bonds. The molecular formula is C26H30N8O3. The van der Waals surface area contributed by atoms with E-state index in [4.69, 9.17) is 0 Å². The summed E-state index contributed by atoms with van der Waals surface area (Å²) in [5, 5.41) is 12.3. The van der Waals surface area contributed by atoms with Crippen molar-refractivity contribution in [2.24, 2.45) is 0 Å². The van der Waals surface area contributed by atoms with E-state index < -0.39 is 6.03 Å². The maximum absolute atomic E-state index is 13.3. The maximum Gasteiger partial charge on any atom is 0.328 e. The van der Waals surface area contributed by atoms with E-state index in [0.717, 1.165) is 56.6 Å². The molecule has 2 saturated heterocycles. The number of piperazine rings is 1. The zero-order chi connectivity index (χ0) is 25.9. The SMILES string of the molecule is CN1CCN(Cc2cc3c(nc2C=O)N(C(=O)Nc2cc(N4CCCC4)c(C#N)cn2)CCC3)C(=O)C1. The van der Waals surface area contributed by atoms with Gasteiger partial charge < -0.3 is 9.80 Å². The highest BCUT2D eigenvalue weighted by Crippen LogP contribution is 2.30.